The van der Waals surface area contributed by atoms with E-state index in [2.05, 4.69) is 5.43 Å². The highest BCUT2D eigenvalue weighted by Gasteiger charge is 2.15. The number of carbonyl (C=O) groups excluding carboxylic acids is 1. The van der Waals surface area contributed by atoms with Gasteiger partial charge in [0, 0.05) is 4.88 Å². The number of nitrogens with two attached hydrogens (primary N) is 1. The molecule has 1 rings (SSSR count). The van der Waals surface area contributed by atoms with Crippen LogP contribution in [0.3, 0.4) is 0 Å². The van der Waals surface area contributed by atoms with E-state index in [0.29, 0.717) is 13.0 Å². The fourth-order valence-corrected chi connectivity index (χ4v) is 1.67. The molecule has 0 aliphatic carbocycles. The van der Waals surface area contributed by atoms with Gasteiger partial charge >= 0.3 is 0 Å². The van der Waals surface area contributed by atoms with Gasteiger partial charge in [0.25, 0.3) is 5.91 Å². The zero-order valence-corrected chi connectivity index (χ0v) is 8.84. The summed E-state index contributed by atoms with van der Waals surface area (Å²) in [6.07, 6.45) is 0.163. The summed E-state index contributed by atoms with van der Waals surface area (Å²) in [7, 11) is 0. The molecule has 1 heterocycles. The first-order valence-corrected chi connectivity index (χ1v) is 5.30. The maximum Gasteiger partial charge on any atom is 0.262 e. The van der Waals surface area contributed by atoms with E-state index in [1.807, 2.05) is 24.4 Å². The number of hydrogen-bond donors (Lipinski definition) is 2. The molecule has 0 aliphatic rings. The molecular weight excluding hydrogens is 200 g/mol. The van der Waals surface area contributed by atoms with Crippen molar-refractivity contribution < 1.29 is 9.53 Å². The number of hydrogen-bond acceptors (Lipinski definition) is 4. The third kappa shape index (κ3) is 3.10. The Kier molecular flexibility index (Phi) is 4.58. The van der Waals surface area contributed by atoms with Crippen LogP contribution < -0.4 is 11.3 Å². The Morgan fingerprint density at radius 1 is 1.79 bits per heavy atom. The highest BCUT2D eigenvalue weighted by atomic mass is 32.1. The maximum atomic E-state index is 11.1. The Balaban J connectivity index is 2.38. The van der Waals surface area contributed by atoms with Crippen LogP contribution in [0.25, 0.3) is 0 Å². The minimum Gasteiger partial charge on any atom is -0.363 e. The van der Waals surface area contributed by atoms with E-state index in [1.165, 1.54) is 0 Å². The quantitative estimate of drug-likeness (QED) is 0.437. The molecular formula is C9H14N2O2S. The van der Waals surface area contributed by atoms with Crippen LogP contribution in [0.2, 0.25) is 0 Å². The standard InChI is InChI=1S/C9H14N2O2S/c1-2-8(9(12)11-10)13-6-7-4-3-5-14-7/h3-5,8H,2,6,10H2,1H3,(H,11,12). The minimum absolute atomic E-state index is 0.274. The van der Waals surface area contributed by atoms with Crippen LogP contribution >= 0.6 is 11.3 Å². The lowest BCUT2D eigenvalue weighted by Crippen LogP contribution is -2.40. The van der Waals surface area contributed by atoms with E-state index in [0.717, 1.165) is 4.88 Å². The van der Waals surface area contributed by atoms with Crippen LogP contribution in [0.4, 0.5) is 0 Å². The van der Waals surface area contributed by atoms with E-state index in [4.69, 9.17) is 10.6 Å². The molecule has 1 amide bonds. The van der Waals surface area contributed by atoms with Crippen molar-refractivity contribution in [2.75, 3.05) is 0 Å². The van der Waals surface area contributed by atoms with Gasteiger partial charge in [-0.25, -0.2) is 5.84 Å². The van der Waals surface area contributed by atoms with E-state index in [1.54, 1.807) is 11.3 Å². The van der Waals surface area contributed by atoms with Gasteiger partial charge in [0.15, 0.2) is 0 Å². The molecule has 0 aliphatic heterocycles. The van der Waals surface area contributed by atoms with Crippen molar-refractivity contribution in [3.63, 3.8) is 0 Å². The first-order chi connectivity index (χ1) is 6.77. The number of nitrogens with one attached hydrogen (secondary N) is 1. The molecule has 78 valence electrons. The highest BCUT2D eigenvalue weighted by Crippen LogP contribution is 2.11. The molecule has 0 saturated heterocycles. The van der Waals surface area contributed by atoms with Crippen molar-refractivity contribution in [3.8, 4) is 0 Å². The van der Waals surface area contributed by atoms with Gasteiger partial charge in [-0.3, -0.25) is 10.2 Å². The van der Waals surface area contributed by atoms with Crippen LogP contribution in [0.5, 0.6) is 0 Å². The zero-order chi connectivity index (χ0) is 10.4. The van der Waals surface area contributed by atoms with Crippen molar-refractivity contribution in [3.05, 3.63) is 22.4 Å². The molecule has 5 heteroatoms. The third-order valence-electron chi connectivity index (χ3n) is 1.81. The van der Waals surface area contributed by atoms with Gasteiger partial charge in [0.1, 0.15) is 6.10 Å². The fraction of sp³-hybridized carbons (Fsp3) is 0.444. The Morgan fingerprint density at radius 3 is 3.07 bits per heavy atom. The lowest BCUT2D eigenvalue weighted by molar-refractivity contribution is -0.133. The first-order valence-electron chi connectivity index (χ1n) is 4.42. The molecule has 0 bridgehead atoms. The number of carbonyl (C=O) groups is 1. The SMILES string of the molecule is CCC(OCc1cccs1)C(=O)NN. The van der Waals surface area contributed by atoms with Gasteiger partial charge in [-0.1, -0.05) is 13.0 Å². The van der Waals surface area contributed by atoms with Gasteiger partial charge < -0.3 is 4.74 Å². The smallest absolute Gasteiger partial charge is 0.262 e. The van der Waals surface area contributed by atoms with Gasteiger partial charge in [-0.2, -0.15) is 0 Å². The first kappa shape index (κ1) is 11.2. The monoisotopic (exact) mass is 214 g/mol. The number of hydrazine groups is 1. The summed E-state index contributed by atoms with van der Waals surface area (Å²) >= 11 is 1.61. The maximum absolute atomic E-state index is 11.1. The molecule has 1 unspecified atom stereocenters. The van der Waals surface area contributed by atoms with Crippen LogP contribution in [0.15, 0.2) is 17.5 Å². The van der Waals surface area contributed by atoms with Crippen LogP contribution in [-0.4, -0.2) is 12.0 Å². The molecule has 0 spiro atoms. The second-order valence-electron chi connectivity index (χ2n) is 2.80. The number of amides is 1. The van der Waals surface area contributed by atoms with E-state index in [-0.39, 0.29) is 5.91 Å². The molecule has 1 aromatic rings. The highest BCUT2D eigenvalue weighted by molar-refractivity contribution is 7.09. The minimum atomic E-state index is -0.456. The second-order valence-corrected chi connectivity index (χ2v) is 3.83. The Labute approximate surface area is 87.0 Å². The van der Waals surface area contributed by atoms with Crippen molar-refractivity contribution in [2.45, 2.75) is 26.1 Å². The molecule has 0 aromatic carbocycles. The molecule has 4 nitrogen and oxygen atoms in total. The molecule has 14 heavy (non-hydrogen) atoms. The molecule has 3 N–H and O–H groups in total. The third-order valence-corrected chi connectivity index (χ3v) is 2.66. The summed E-state index contributed by atoms with van der Waals surface area (Å²) in [6, 6.07) is 3.92. The van der Waals surface area contributed by atoms with Gasteiger partial charge in [0.05, 0.1) is 6.61 Å². The summed E-state index contributed by atoms with van der Waals surface area (Å²) in [5.74, 6) is 4.75. The molecule has 0 saturated carbocycles. The number of ether oxygens (including phenoxy) is 1. The number of rotatable bonds is 5. The van der Waals surface area contributed by atoms with Crippen molar-refractivity contribution in [1.82, 2.24) is 5.43 Å². The summed E-state index contributed by atoms with van der Waals surface area (Å²) in [5, 5.41) is 1.97. The Hall–Kier alpha value is -0.910. The number of thiophene rings is 1. The van der Waals surface area contributed by atoms with Crippen LogP contribution in [-0.2, 0) is 16.1 Å². The normalized spacial score (nSPS) is 12.4. The molecule has 1 aromatic heterocycles. The topological polar surface area (TPSA) is 64.3 Å². The Morgan fingerprint density at radius 2 is 2.57 bits per heavy atom. The van der Waals surface area contributed by atoms with E-state index < -0.39 is 6.10 Å². The average molecular weight is 214 g/mol. The molecule has 0 fully saturated rings. The van der Waals surface area contributed by atoms with E-state index in [9.17, 15) is 4.79 Å². The lowest BCUT2D eigenvalue weighted by atomic mass is 10.2. The van der Waals surface area contributed by atoms with Crippen molar-refractivity contribution >= 4 is 17.2 Å². The van der Waals surface area contributed by atoms with Gasteiger partial charge in [0.2, 0.25) is 0 Å². The summed E-state index contributed by atoms with van der Waals surface area (Å²) in [5.41, 5.74) is 2.09. The van der Waals surface area contributed by atoms with Crippen molar-refractivity contribution in [1.29, 1.82) is 0 Å². The largest absolute Gasteiger partial charge is 0.363 e. The molecule has 1 atom stereocenters. The summed E-state index contributed by atoms with van der Waals surface area (Å²) < 4.78 is 5.41. The van der Waals surface area contributed by atoms with Crippen LogP contribution in [0.1, 0.15) is 18.2 Å². The lowest BCUT2D eigenvalue weighted by Gasteiger charge is -2.13. The second kappa shape index (κ2) is 5.74. The van der Waals surface area contributed by atoms with Crippen molar-refractivity contribution in [2.24, 2.45) is 5.84 Å². The predicted octanol–water partition coefficient (Wildman–Crippen LogP) is 1.03. The van der Waals surface area contributed by atoms with Gasteiger partial charge in [-0.15, -0.1) is 11.3 Å². The summed E-state index contributed by atoms with van der Waals surface area (Å²) in [4.78, 5) is 12.2. The zero-order valence-electron chi connectivity index (χ0n) is 8.03. The van der Waals surface area contributed by atoms with E-state index >= 15 is 0 Å². The van der Waals surface area contributed by atoms with Crippen LogP contribution in [0, 0.1) is 0 Å². The van der Waals surface area contributed by atoms with Gasteiger partial charge in [-0.05, 0) is 17.9 Å². The fourth-order valence-electron chi connectivity index (χ4n) is 1.05. The Bertz CT molecular complexity index is 274. The predicted molar refractivity (Wildman–Crippen MR) is 55.5 cm³/mol. The average Bonchev–Trinajstić information content (AvgIpc) is 2.71. The summed E-state index contributed by atoms with van der Waals surface area (Å²) in [6.45, 7) is 2.35. The molecule has 0 radical (unpaired) electrons.